The number of benzene rings is 3. The van der Waals surface area contributed by atoms with Gasteiger partial charge in [-0.1, -0.05) is 48.5 Å². The summed E-state index contributed by atoms with van der Waals surface area (Å²) in [5.74, 6) is -0.980. The SMILES string of the molecule is O=C(NO)c1ccc2c(c1)CN(C(=O)/C(=C/c1ccccc1)c1ccc(C(F)(F)F)cc1)CC2. The van der Waals surface area contributed by atoms with Gasteiger partial charge in [0.25, 0.3) is 11.8 Å². The van der Waals surface area contributed by atoms with Crippen molar-refractivity contribution >= 4 is 23.5 Å². The van der Waals surface area contributed by atoms with E-state index in [1.807, 2.05) is 30.3 Å². The molecule has 3 aromatic carbocycles. The van der Waals surface area contributed by atoms with Crippen LogP contribution in [0.4, 0.5) is 13.2 Å². The molecule has 1 aliphatic heterocycles. The van der Waals surface area contributed by atoms with Crippen LogP contribution in [0.15, 0.2) is 72.8 Å². The van der Waals surface area contributed by atoms with Gasteiger partial charge < -0.3 is 4.90 Å². The number of hydrogen-bond acceptors (Lipinski definition) is 3. The number of fused-ring (bicyclic) bond motifs is 1. The summed E-state index contributed by atoms with van der Waals surface area (Å²) in [6.45, 7) is 0.650. The number of hydroxylamine groups is 1. The number of nitrogens with zero attached hydrogens (tertiary/aromatic N) is 1. The first kappa shape index (κ1) is 23.3. The molecule has 0 aliphatic carbocycles. The van der Waals surface area contributed by atoms with Crippen molar-refractivity contribution in [1.29, 1.82) is 0 Å². The molecule has 0 aromatic heterocycles. The number of hydrogen-bond donors (Lipinski definition) is 2. The molecule has 0 saturated carbocycles. The van der Waals surface area contributed by atoms with E-state index in [2.05, 4.69) is 0 Å². The summed E-state index contributed by atoms with van der Waals surface area (Å²) in [6.07, 6.45) is -2.25. The molecule has 2 amide bonds. The second-order valence-corrected chi connectivity index (χ2v) is 7.94. The minimum Gasteiger partial charge on any atom is -0.334 e. The van der Waals surface area contributed by atoms with E-state index in [-0.39, 0.29) is 23.6 Å². The maximum absolute atomic E-state index is 13.6. The van der Waals surface area contributed by atoms with Gasteiger partial charge in [-0.25, -0.2) is 5.48 Å². The van der Waals surface area contributed by atoms with E-state index in [0.717, 1.165) is 28.8 Å². The molecule has 5 nitrogen and oxygen atoms in total. The van der Waals surface area contributed by atoms with Gasteiger partial charge in [-0.05, 0) is 59.0 Å². The Labute approximate surface area is 194 Å². The lowest BCUT2D eigenvalue weighted by Crippen LogP contribution is -2.36. The quantitative estimate of drug-likeness (QED) is 0.247. The van der Waals surface area contributed by atoms with Gasteiger partial charge in [-0.2, -0.15) is 13.2 Å². The molecule has 0 atom stereocenters. The molecule has 1 aliphatic rings. The van der Waals surface area contributed by atoms with Crippen molar-refractivity contribution in [1.82, 2.24) is 10.4 Å². The summed E-state index contributed by atoms with van der Waals surface area (Å²) in [4.78, 5) is 27.0. The Morgan fingerprint density at radius 3 is 2.24 bits per heavy atom. The number of carbonyl (C=O) groups excluding carboxylic acids is 2. The molecule has 1 heterocycles. The van der Waals surface area contributed by atoms with Crippen LogP contribution in [-0.4, -0.2) is 28.5 Å². The van der Waals surface area contributed by atoms with Gasteiger partial charge in [0.15, 0.2) is 0 Å². The average Bonchev–Trinajstić information content (AvgIpc) is 2.86. The third kappa shape index (κ3) is 5.02. The van der Waals surface area contributed by atoms with Crippen molar-refractivity contribution in [2.45, 2.75) is 19.1 Å². The van der Waals surface area contributed by atoms with Crippen LogP contribution in [-0.2, 0) is 23.9 Å². The standard InChI is InChI=1S/C26H21F3N2O3/c27-26(28,29)22-10-8-19(9-11-22)23(14-17-4-2-1-3-5-17)25(33)31-13-12-18-6-7-20(24(32)30-34)15-21(18)16-31/h1-11,14-15,34H,12-13,16H2,(H,30,32)/b23-14+. The van der Waals surface area contributed by atoms with Crippen molar-refractivity contribution in [2.24, 2.45) is 0 Å². The highest BCUT2D eigenvalue weighted by Crippen LogP contribution is 2.31. The summed E-state index contributed by atoms with van der Waals surface area (Å²) >= 11 is 0. The Hall–Kier alpha value is -3.91. The molecule has 4 rings (SSSR count). The van der Waals surface area contributed by atoms with Crippen LogP contribution < -0.4 is 5.48 Å². The lowest BCUT2D eigenvalue weighted by atomic mass is 9.95. The van der Waals surface area contributed by atoms with Crippen molar-refractivity contribution in [3.63, 3.8) is 0 Å². The molecule has 0 unspecified atom stereocenters. The van der Waals surface area contributed by atoms with Crippen molar-refractivity contribution < 1.29 is 28.0 Å². The van der Waals surface area contributed by atoms with Crippen molar-refractivity contribution in [2.75, 3.05) is 6.54 Å². The summed E-state index contributed by atoms with van der Waals surface area (Å²) in [5, 5.41) is 8.90. The van der Waals surface area contributed by atoms with Gasteiger partial charge in [0.1, 0.15) is 0 Å². The fraction of sp³-hybridized carbons (Fsp3) is 0.154. The van der Waals surface area contributed by atoms with E-state index in [1.165, 1.54) is 12.1 Å². The average molecular weight is 466 g/mol. The molecule has 0 fully saturated rings. The summed E-state index contributed by atoms with van der Waals surface area (Å²) in [5.41, 5.74) is 4.22. The minimum absolute atomic E-state index is 0.230. The molecule has 174 valence electrons. The molecule has 0 saturated heterocycles. The second-order valence-electron chi connectivity index (χ2n) is 7.94. The number of nitrogens with one attached hydrogen (secondary N) is 1. The summed E-state index contributed by atoms with van der Waals surface area (Å²) in [7, 11) is 0. The largest absolute Gasteiger partial charge is 0.416 e. The van der Waals surface area contributed by atoms with E-state index in [1.54, 1.807) is 34.7 Å². The molecule has 0 radical (unpaired) electrons. The number of rotatable bonds is 4. The van der Waals surface area contributed by atoms with Crippen LogP contribution in [0.1, 0.15) is 38.2 Å². The van der Waals surface area contributed by atoms with Gasteiger partial charge >= 0.3 is 6.18 Å². The van der Waals surface area contributed by atoms with E-state index >= 15 is 0 Å². The monoisotopic (exact) mass is 466 g/mol. The van der Waals surface area contributed by atoms with E-state index in [0.29, 0.717) is 18.5 Å². The predicted molar refractivity (Wildman–Crippen MR) is 121 cm³/mol. The van der Waals surface area contributed by atoms with Gasteiger partial charge in [-0.3, -0.25) is 14.8 Å². The molecular formula is C26H21F3N2O3. The Morgan fingerprint density at radius 1 is 0.912 bits per heavy atom. The second kappa shape index (κ2) is 9.52. The van der Waals surface area contributed by atoms with Gasteiger partial charge in [0, 0.05) is 24.2 Å². The van der Waals surface area contributed by atoms with Crippen LogP contribution in [0.5, 0.6) is 0 Å². The highest BCUT2D eigenvalue weighted by Gasteiger charge is 2.31. The first-order valence-electron chi connectivity index (χ1n) is 10.6. The maximum Gasteiger partial charge on any atom is 0.416 e. The highest BCUT2D eigenvalue weighted by atomic mass is 19.4. The number of halogens is 3. The topological polar surface area (TPSA) is 69.6 Å². The zero-order valence-electron chi connectivity index (χ0n) is 18.0. The lowest BCUT2D eigenvalue weighted by Gasteiger charge is -2.30. The Kier molecular flexibility index (Phi) is 6.51. The molecule has 34 heavy (non-hydrogen) atoms. The van der Waals surface area contributed by atoms with Gasteiger partial charge in [-0.15, -0.1) is 0 Å². The molecular weight excluding hydrogens is 445 g/mol. The highest BCUT2D eigenvalue weighted by molar-refractivity contribution is 6.24. The van der Waals surface area contributed by atoms with E-state index < -0.39 is 17.6 Å². The normalized spacial score (nSPS) is 13.9. The predicted octanol–water partition coefficient (Wildman–Crippen LogP) is 4.95. The van der Waals surface area contributed by atoms with Crippen LogP contribution in [0.3, 0.4) is 0 Å². The zero-order valence-corrected chi connectivity index (χ0v) is 18.0. The molecule has 8 heteroatoms. The molecule has 2 N–H and O–H groups in total. The summed E-state index contributed by atoms with van der Waals surface area (Å²) in [6, 6.07) is 18.6. The number of alkyl halides is 3. The van der Waals surface area contributed by atoms with Crippen LogP contribution in [0.2, 0.25) is 0 Å². The molecule has 3 aromatic rings. The Balaban J connectivity index is 1.68. The number of amides is 2. The van der Waals surface area contributed by atoms with Crippen LogP contribution in [0, 0.1) is 0 Å². The van der Waals surface area contributed by atoms with Crippen molar-refractivity contribution in [3.05, 3.63) is 106 Å². The fourth-order valence-corrected chi connectivity index (χ4v) is 3.93. The lowest BCUT2D eigenvalue weighted by molar-refractivity contribution is -0.137. The Bertz CT molecular complexity index is 1240. The number of carbonyl (C=O) groups is 2. The van der Waals surface area contributed by atoms with Crippen LogP contribution in [0.25, 0.3) is 11.6 Å². The van der Waals surface area contributed by atoms with E-state index in [4.69, 9.17) is 5.21 Å². The first-order chi connectivity index (χ1) is 16.3. The first-order valence-corrected chi connectivity index (χ1v) is 10.6. The molecule has 0 bridgehead atoms. The summed E-state index contributed by atoms with van der Waals surface area (Å²) < 4.78 is 39.1. The third-order valence-corrected chi connectivity index (χ3v) is 5.73. The third-order valence-electron chi connectivity index (χ3n) is 5.73. The van der Waals surface area contributed by atoms with Gasteiger partial charge in [0.2, 0.25) is 0 Å². The fourth-order valence-electron chi connectivity index (χ4n) is 3.93. The van der Waals surface area contributed by atoms with Crippen molar-refractivity contribution in [3.8, 4) is 0 Å². The smallest absolute Gasteiger partial charge is 0.334 e. The zero-order chi connectivity index (χ0) is 24.3. The van der Waals surface area contributed by atoms with E-state index in [9.17, 15) is 22.8 Å². The van der Waals surface area contributed by atoms with Gasteiger partial charge in [0.05, 0.1) is 5.56 Å². The maximum atomic E-state index is 13.6. The minimum atomic E-state index is -4.47. The van der Waals surface area contributed by atoms with Crippen LogP contribution >= 0.6 is 0 Å². The molecule has 0 spiro atoms. The Morgan fingerprint density at radius 2 is 1.59 bits per heavy atom.